The molecule has 2 amide bonds. The first kappa shape index (κ1) is 16.7. The van der Waals surface area contributed by atoms with E-state index in [1.165, 1.54) is 0 Å². The summed E-state index contributed by atoms with van der Waals surface area (Å²) in [6, 6.07) is 5.19. The minimum atomic E-state index is -0.515. The molecule has 2 fully saturated rings. The van der Waals surface area contributed by atoms with E-state index in [1.807, 2.05) is 6.07 Å². The summed E-state index contributed by atoms with van der Waals surface area (Å²) >= 11 is 0. The third kappa shape index (κ3) is 3.52. The fourth-order valence-electron chi connectivity index (χ4n) is 3.31. The number of nitrogens with two attached hydrogens (primary N) is 2. The average molecular weight is 332 g/mol. The predicted octanol–water partition coefficient (Wildman–Crippen LogP) is 0.830. The summed E-state index contributed by atoms with van der Waals surface area (Å²) < 4.78 is 5.65. The molecule has 0 unspecified atom stereocenters. The van der Waals surface area contributed by atoms with Gasteiger partial charge in [0.2, 0.25) is 5.91 Å². The highest BCUT2D eigenvalue weighted by molar-refractivity contribution is 6.00. The maximum atomic E-state index is 12.5. The van der Waals surface area contributed by atoms with Crippen LogP contribution in [0.3, 0.4) is 0 Å². The minimum Gasteiger partial charge on any atom is -0.370 e. The molecule has 7 heteroatoms. The normalized spacial score (nSPS) is 23.5. The van der Waals surface area contributed by atoms with E-state index in [-0.39, 0.29) is 12.0 Å². The molecule has 1 aromatic carbocycles. The van der Waals surface area contributed by atoms with Gasteiger partial charge in [0, 0.05) is 25.2 Å². The van der Waals surface area contributed by atoms with Gasteiger partial charge in [-0.3, -0.25) is 9.59 Å². The molecular weight excluding hydrogens is 308 g/mol. The Labute approximate surface area is 141 Å². The number of nitrogens with one attached hydrogen (secondary N) is 1. The Morgan fingerprint density at radius 1 is 1.25 bits per heavy atom. The number of carbonyl (C=O) groups is 2. The molecule has 24 heavy (non-hydrogen) atoms. The van der Waals surface area contributed by atoms with Crippen molar-refractivity contribution >= 4 is 23.2 Å². The quantitative estimate of drug-likeness (QED) is 0.739. The van der Waals surface area contributed by atoms with Crippen LogP contribution in [0.25, 0.3) is 0 Å². The number of carbonyl (C=O) groups excluding carboxylic acids is 2. The number of anilines is 2. The standard InChI is InChI=1S/C17H24N4O3/c18-10-12-4-6-15(24-12)17(23)20-13-9-11(16(19)22)3-5-14(13)21-7-1-2-8-21/h3,5,9,12,15H,1-2,4,6-8,10,18H2,(H2,19,22)(H,20,23)/t12-,15+/m1/s1. The van der Waals surface area contributed by atoms with Crippen LogP contribution in [0.4, 0.5) is 11.4 Å². The third-order valence-electron chi connectivity index (χ3n) is 4.65. The van der Waals surface area contributed by atoms with Crippen molar-refractivity contribution in [2.45, 2.75) is 37.9 Å². The molecule has 2 aliphatic rings. The molecule has 0 aromatic heterocycles. The summed E-state index contributed by atoms with van der Waals surface area (Å²) in [4.78, 5) is 26.2. The summed E-state index contributed by atoms with van der Waals surface area (Å²) in [5, 5.41) is 2.92. The number of primary amides is 1. The van der Waals surface area contributed by atoms with Crippen molar-refractivity contribution in [2.24, 2.45) is 11.5 Å². The Balaban J connectivity index is 1.80. The molecule has 2 saturated heterocycles. The first-order valence-electron chi connectivity index (χ1n) is 8.43. The first-order chi connectivity index (χ1) is 11.6. The lowest BCUT2D eigenvalue weighted by molar-refractivity contribution is -0.126. The van der Waals surface area contributed by atoms with Gasteiger partial charge in [-0.2, -0.15) is 0 Å². The van der Waals surface area contributed by atoms with Gasteiger partial charge in [0.05, 0.1) is 17.5 Å². The van der Waals surface area contributed by atoms with Gasteiger partial charge in [0.25, 0.3) is 5.91 Å². The molecule has 0 radical (unpaired) electrons. The van der Waals surface area contributed by atoms with Gasteiger partial charge >= 0.3 is 0 Å². The summed E-state index contributed by atoms with van der Waals surface area (Å²) in [5.74, 6) is -0.716. The third-order valence-corrected chi connectivity index (χ3v) is 4.65. The van der Waals surface area contributed by atoms with E-state index in [9.17, 15) is 9.59 Å². The molecule has 0 bridgehead atoms. The summed E-state index contributed by atoms with van der Waals surface area (Å²) in [6.45, 7) is 2.29. The number of amides is 2. The second-order valence-electron chi connectivity index (χ2n) is 6.34. The Bertz CT molecular complexity index is 628. The van der Waals surface area contributed by atoms with Crippen LogP contribution in [0, 0.1) is 0 Å². The van der Waals surface area contributed by atoms with Gasteiger partial charge in [-0.15, -0.1) is 0 Å². The average Bonchev–Trinajstić information content (AvgIpc) is 3.26. The lowest BCUT2D eigenvalue weighted by atomic mass is 10.1. The van der Waals surface area contributed by atoms with Crippen molar-refractivity contribution in [3.8, 4) is 0 Å². The number of benzene rings is 1. The van der Waals surface area contributed by atoms with Crippen molar-refractivity contribution in [1.29, 1.82) is 0 Å². The van der Waals surface area contributed by atoms with Crippen LogP contribution in [-0.4, -0.2) is 43.7 Å². The maximum absolute atomic E-state index is 12.5. The zero-order valence-corrected chi connectivity index (χ0v) is 13.7. The van der Waals surface area contributed by atoms with Gasteiger partial charge in [-0.1, -0.05) is 0 Å². The molecule has 7 nitrogen and oxygen atoms in total. The molecule has 2 atom stereocenters. The lowest BCUT2D eigenvalue weighted by Gasteiger charge is -2.23. The Morgan fingerprint density at radius 2 is 2.00 bits per heavy atom. The van der Waals surface area contributed by atoms with Crippen molar-refractivity contribution < 1.29 is 14.3 Å². The van der Waals surface area contributed by atoms with Crippen LogP contribution in [0.2, 0.25) is 0 Å². The second-order valence-corrected chi connectivity index (χ2v) is 6.34. The molecule has 0 aliphatic carbocycles. The van der Waals surface area contributed by atoms with Crippen LogP contribution >= 0.6 is 0 Å². The fourth-order valence-corrected chi connectivity index (χ4v) is 3.31. The second kappa shape index (κ2) is 7.19. The van der Waals surface area contributed by atoms with Gasteiger partial charge in [0.15, 0.2) is 0 Å². The molecule has 2 heterocycles. The number of hydrogen-bond donors (Lipinski definition) is 3. The zero-order chi connectivity index (χ0) is 17.1. The number of nitrogens with zero attached hydrogens (tertiary/aromatic N) is 1. The lowest BCUT2D eigenvalue weighted by Crippen LogP contribution is -2.31. The topological polar surface area (TPSA) is 111 Å². The van der Waals surface area contributed by atoms with Gasteiger partial charge in [-0.25, -0.2) is 0 Å². The molecule has 3 rings (SSSR count). The molecule has 0 spiro atoms. The number of hydrogen-bond acceptors (Lipinski definition) is 5. The number of rotatable bonds is 5. The minimum absolute atomic E-state index is 0.0595. The maximum Gasteiger partial charge on any atom is 0.253 e. The summed E-state index contributed by atoms with van der Waals surface area (Å²) in [5.41, 5.74) is 12.9. The SMILES string of the molecule is NC[C@H]1CC[C@@H](C(=O)Nc2cc(C(N)=O)ccc2N2CCCC2)O1. The first-order valence-corrected chi connectivity index (χ1v) is 8.43. The largest absolute Gasteiger partial charge is 0.370 e. The van der Waals surface area contributed by atoms with E-state index in [4.69, 9.17) is 16.2 Å². The smallest absolute Gasteiger partial charge is 0.253 e. The van der Waals surface area contributed by atoms with Crippen LogP contribution in [0.15, 0.2) is 18.2 Å². The zero-order valence-electron chi connectivity index (χ0n) is 13.7. The van der Waals surface area contributed by atoms with E-state index < -0.39 is 12.0 Å². The van der Waals surface area contributed by atoms with Crippen molar-refractivity contribution in [3.63, 3.8) is 0 Å². The Kier molecular flexibility index (Phi) is 5.01. The molecule has 2 aliphatic heterocycles. The van der Waals surface area contributed by atoms with E-state index in [0.717, 1.165) is 38.0 Å². The summed E-state index contributed by atoms with van der Waals surface area (Å²) in [7, 11) is 0. The van der Waals surface area contributed by atoms with Gasteiger partial charge in [0.1, 0.15) is 6.10 Å². The van der Waals surface area contributed by atoms with E-state index in [1.54, 1.807) is 12.1 Å². The Hall–Kier alpha value is -2.12. The van der Waals surface area contributed by atoms with Crippen LogP contribution in [0.5, 0.6) is 0 Å². The van der Waals surface area contributed by atoms with Crippen LogP contribution in [-0.2, 0) is 9.53 Å². The molecule has 1 aromatic rings. The predicted molar refractivity (Wildman–Crippen MR) is 92.0 cm³/mol. The van der Waals surface area contributed by atoms with Crippen LogP contribution in [0.1, 0.15) is 36.0 Å². The highest BCUT2D eigenvalue weighted by Crippen LogP contribution is 2.31. The van der Waals surface area contributed by atoms with Gasteiger partial charge < -0.3 is 26.4 Å². The monoisotopic (exact) mass is 332 g/mol. The highest BCUT2D eigenvalue weighted by atomic mass is 16.5. The molecule has 0 saturated carbocycles. The van der Waals surface area contributed by atoms with E-state index in [0.29, 0.717) is 24.2 Å². The van der Waals surface area contributed by atoms with Crippen molar-refractivity contribution in [2.75, 3.05) is 29.9 Å². The van der Waals surface area contributed by atoms with Gasteiger partial charge in [-0.05, 0) is 43.9 Å². The molecular formula is C17H24N4O3. The number of ether oxygens (including phenoxy) is 1. The highest BCUT2D eigenvalue weighted by Gasteiger charge is 2.30. The molecule has 5 N–H and O–H groups in total. The van der Waals surface area contributed by atoms with Crippen molar-refractivity contribution in [3.05, 3.63) is 23.8 Å². The Morgan fingerprint density at radius 3 is 2.62 bits per heavy atom. The summed E-state index contributed by atoms with van der Waals surface area (Å²) in [6.07, 6.45) is 3.12. The van der Waals surface area contributed by atoms with Crippen LogP contribution < -0.4 is 21.7 Å². The van der Waals surface area contributed by atoms with Crippen molar-refractivity contribution in [1.82, 2.24) is 0 Å². The fraction of sp³-hybridized carbons (Fsp3) is 0.529. The molecule has 130 valence electrons. The van der Waals surface area contributed by atoms with E-state index >= 15 is 0 Å². The van der Waals surface area contributed by atoms with E-state index in [2.05, 4.69) is 10.2 Å².